The van der Waals surface area contributed by atoms with Crippen molar-refractivity contribution in [2.75, 3.05) is 20.8 Å². The van der Waals surface area contributed by atoms with Gasteiger partial charge in [0.25, 0.3) is 0 Å². The van der Waals surface area contributed by atoms with Gasteiger partial charge in [-0.15, -0.1) is 0 Å². The van der Waals surface area contributed by atoms with E-state index in [0.717, 1.165) is 16.9 Å². The number of benzene rings is 2. The molecule has 0 fully saturated rings. The quantitative estimate of drug-likeness (QED) is 0.886. The first-order valence-electron chi connectivity index (χ1n) is 6.89. The molecule has 0 saturated carbocycles. The summed E-state index contributed by atoms with van der Waals surface area (Å²) in [6.45, 7) is 2.56. The van der Waals surface area contributed by atoms with Gasteiger partial charge in [-0.3, -0.25) is 0 Å². The summed E-state index contributed by atoms with van der Waals surface area (Å²) in [6.07, 6.45) is 0. The molecule has 0 heterocycles. The zero-order valence-corrected chi connectivity index (χ0v) is 12.6. The van der Waals surface area contributed by atoms with Crippen LogP contribution in [-0.2, 0) is 0 Å². The van der Waals surface area contributed by atoms with Crippen LogP contribution >= 0.6 is 0 Å². The molecule has 0 saturated heterocycles. The Morgan fingerprint density at radius 3 is 2.19 bits per heavy atom. The van der Waals surface area contributed by atoms with Crippen LogP contribution in [0.4, 0.5) is 0 Å². The molecule has 1 atom stereocenters. The number of nitrogens with two attached hydrogens (primary N) is 1. The Labute approximate surface area is 125 Å². The molecule has 0 aromatic heterocycles. The Morgan fingerprint density at radius 2 is 1.62 bits per heavy atom. The first-order chi connectivity index (χ1) is 10.2. The number of ether oxygens (including phenoxy) is 3. The van der Waals surface area contributed by atoms with Crippen LogP contribution < -0.4 is 19.9 Å². The van der Waals surface area contributed by atoms with Crippen molar-refractivity contribution in [3.05, 3.63) is 53.6 Å². The van der Waals surface area contributed by atoms with Crippen molar-refractivity contribution in [2.45, 2.75) is 13.0 Å². The maximum Gasteiger partial charge on any atom is 0.124 e. The van der Waals surface area contributed by atoms with Crippen molar-refractivity contribution in [1.29, 1.82) is 0 Å². The molecule has 21 heavy (non-hydrogen) atoms. The number of rotatable bonds is 6. The van der Waals surface area contributed by atoms with Gasteiger partial charge in [-0.05, 0) is 30.7 Å². The number of para-hydroxylation sites is 1. The van der Waals surface area contributed by atoms with Crippen molar-refractivity contribution in [3.63, 3.8) is 0 Å². The van der Waals surface area contributed by atoms with Crippen LogP contribution in [-0.4, -0.2) is 20.8 Å². The van der Waals surface area contributed by atoms with Crippen molar-refractivity contribution < 1.29 is 14.2 Å². The van der Waals surface area contributed by atoms with Crippen LogP contribution in [0.2, 0.25) is 0 Å². The molecule has 0 radical (unpaired) electrons. The van der Waals surface area contributed by atoms with Gasteiger partial charge in [0.05, 0.1) is 26.9 Å². The summed E-state index contributed by atoms with van der Waals surface area (Å²) in [4.78, 5) is 0. The second-order valence-corrected chi connectivity index (χ2v) is 4.59. The molecule has 112 valence electrons. The molecule has 0 aliphatic rings. The van der Waals surface area contributed by atoms with Gasteiger partial charge in [0, 0.05) is 11.6 Å². The molecule has 0 aliphatic carbocycles. The van der Waals surface area contributed by atoms with Crippen LogP contribution in [0.1, 0.15) is 24.1 Å². The first kappa shape index (κ1) is 15.2. The van der Waals surface area contributed by atoms with Crippen LogP contribution in [0.3, 0.4) is 0 Å². The highest BCUT2D eigenvalue weighted by molar-refractivity contribution is 5.46. The third kappa shape index (κ3) is 3.47. The minimum atomic E-state index is -0.309. The normalized spacial score (nSPS) is 11.8. The van der Waals surface area contributed by atoms with Gasteiger partial charge in [0.1, 0.15) is 17.2 Å². The van der Waals surface area contributed by atoms with Gasteiger partial charge < -0.3 is 19.9 Å². The minimum absolute atomic E-state index is 0.309. The molecule has 2 aromatic rings. The summed E-state index contributed by atoms with van der Waals surface area (Å²) < 4.78 is 16.2. The van der Waals surface area contributed by atoms with E-state index in [0.29, 0.717) is 18.1 Å². The maximum atomic E-state index is 6.40. The average Bonchev–Trinajstić information content (AvgIpc) is 2.54. The molecule has 0 bridgehead atoms. The number of hydrogen-bond donors (Lipinski definition) is 1. The molecular formula is C17H21NO3. The molecular weight excluding hydrogens is 266 g/mol. The molecule has 0 aliphatic heterocycles. The van der Waals surface area contributed by atoms with E-state index in [1.807, 2.05) is 49.4 Å². The molecule has 4 heteroatoms. The van der Waals surface area contributed by atoms with Crippen LogP contribution in [0.15, 0.2) is 42.5 Å². The lowest BCUT2D eigenvalue weighted by Gasteiger charge is -2.18. The van der Waals surface area contributed by atoms with E-state index in [9.17, 15) is 0 Å². The van der Waals surface area contributed by atoms with E-state index >= 15 is 0 Å². The first-order valence-corrected chi connectivity index (χ1v) is 6.89. The summed E-state index contributed by atoms with van der Waals surface area (Å²) in [7, 11) is 3.25. The largest absolute Gasteiger partial charge is 0.497 e. The molecule has 2 rings (SSSR count). The second kappa shape index (κ2) is 6.99. The van der Waals surface area contributed by atoms with E-state index in [4.69, 9.17) is 19.9 Å². The third-order valence-electron chi connectivity index (χ3n) is 3.29. The summed E-state index contributed by atoms with van der Waals surface area (Å²) in [5, 5.41) is 0. The van der Waals surface area contributed by atoms with Gasteiger partial charge in [-0.25, -0.2) is 0 Å². The monoisotopic (exact) mass is 287 g/mol. The third-order valence-corrected chi connectivity index (χ3v) is 3.29. The lowest BCUT2D eigenvalue weighted by atomic mass is 9.98. The molecule has 4 nitrogen and oxygen atoms in total. The minimum Gasteiger partial charge on any atom is -0.497 e. The fourth-order valence-electron chi connectivity index (χ4n) is 2.21. The molecule has 0 spiro atoms. The highest BCUT2D eigenvalue weighted by Gasteiger charge is 2.15. The lowest BCUT2D eigenvalue weighted by molar-refractivity contribution is 0.335. The summed E-state index contributed by atoms with van der Waals surface area (Å²) in [6, 6.07) is 13.1. The molecule has 2 aromatic carbocycles. The maximum absolute atomic E-state index is 6.40. The van der Waals surface area contributed by atoms with Crippen molar-refractivity contribution >= 4 is 0 Å². The standard InChI is InChI=1S/C17H21NO3/c1-4-21-16-8-6-5-7-15(16)17(18)12-9-13(19-2)11-14(10-12)20-3/h5-11,17H,4,18H2,1-3H3. The Hall–Kier alpha value is -2.20. The van der Waals surface area contributed by atoms with Gasteiger partial charge in [0.2, 0.25) is 0 Å². The second-order valence-electron chi connectivity index (χ2n) is 4.59. The summed E-state index contributed by atoms with van der Waals surface area (Å²) >= 11 is 0. The van der Waals surface area contributed by atoms with E-state index in [2.05, 4.69) is 0 Å². The van der Waals surface area contributed by atoms with E-state index in [-0.39, 0.29) is 6.04 Å². The zero-order valence-electron chi connectivity index (χ0n) is 12.6. The number of hydrogen-bond acceptors (Lipinski definition) is 4. The Kier molecular flexibility index (Phi) is 5.06. The highest BCUT2D eigenvalue weighted by atomic mass is 16.5. The zero-order chi connectivity index (χ0) is 15.2. The van der Waals surface area contributed by atoms with Crippen LogP contribution in [0, 0.1) is 0 Å². The molecule has 2 N–H and O–H groups in total. The van der Waals surface area contributed by atoms with E-state index in [1.165, 1.54) is 0 Å². The Balaban J connectivity index is 2.41. The van der Waals surface area contributed by atoms with Gasteiger partial charge in [0.15, 0.2) is 0 Å². The Bertz CT molecular complexity index is 576. The van der Waals surface area contributed by atoms with Crippen molar-refractivity contribution in [3.8, 4) is 17.2 Å². The summed E-state index contributed by atoms with van der Waals surface area (Å²) in [5.74, 6) is 2.23. The van der Waals surface area contributed by atoms with Crippen LogP contribution in [0.25, 0.3) is 0 Å². The predicted octanol–water partition coefficient (Wildman–Crippen LogP) is 3.15. The molecule has 1 unspecified atom stereocenters. The van der Waals surface area contributed by atoms with Crippen LogP contribution in [0.5, 0.6) is 17.2 Å². The van der Waals surface area contributed by atoms with Gasteiger partial charge in [-0.1, -0.05) is 18.2 Å². The van der Waals surface area contributed by atoms with Gasteiger partial charge >= 0.3 is 0 Å². The SMILES string of the molecule is CCOc1ccccc1C(N)c1cc(OC)cc(OC)c1. The highest BCUT2D eigenvalue weighted by Crippen LogP contribution is 2.32. The number of methoxy groups -OCH3 is 2. The average molecular weight is 287 g/mol. The van der Waals surface area contributed by atoms with E-state index in [1.54, 1.807) is 14.2 Å². The topological polar surface area (TPSA) is 53.7 Å². The lowest BCUT2D eigenvalue weighted by Crippen LogP contribution is -2.14. The van der Waals surface area contributed by atoms with E-state index < -0.39 is 0 Å². The fourth-order valence-corrected chi connectivity index (χ4v) is 2.21. The molecule has 0 amide bonds. The predicted molar refractivity (Wildman–Crippen MR) is 83.2 cm³/mol. The fraction of sp³-hybridized carbons (Fsp3) is 0.294. The Morgan fingerprint density at radius 1 is 1.00 bits per heavy atom. The van der Waals surface area contributed by atoms with Crippen molar-refractivity contribution in [2.24, 2.45) is 5.73 Å². The smallest absolute Gasteiger partial charge is 0.124 e. The van der Waals surface area contributed by atoms with Crippen molar-refractivity contribution in [1.82, 2.24) is 0 Å². The van der Waals surface area contributed by atoms with Gasteiger partial charge in [-0.2, -0.15) is 0 Å². The summed E-state index contributed by atoms with van der Waals surface area (Å²) in [5.41, 5.74) is 8.26.